The fourth-order valence-electron chi connectivity index (χ4n) is 3.06. The summed E-state index contributed by atoms with van der Waals surface area (Å²) in [5, 5.41) is 3.22. The summed E-state index contributed by atoms with van der Waals surface area (Å²) in [6.45, 7) is 6.35. The first kappa shape index (κ1) is 17.2. The van der Waals surface area contributed by atoms with Gasteiger partial charge in [0.25, 0.3) is 0 Å². The van der Waals surface area contributed by atoms with Gasteiger partial charge in [0.1, 0.15) is 5.82 Å². The summed E-state index contributed by atoms with van der Waals surface area (Å²) in [6.07, 6.45) is 4.16. The van der Waals surface area contributed by atoms with E-state index in [0.29, 0.717) is 29.6 Å². The number of esters is 1. The van der Waals surface area contributed by atoms with Gasteiger partial charge in [0, 0.05) is 19.3 Å². The monoisotopic (exact) mass is 340 g/mol. The molecule has 132 valence electrons. The molecule has 3 rings (SSSR count). The Bertz CT molecular complexity index is 735. The minimum absolute atomic E-state index is 0.343. The predicted molar refractivity (Wildman–Crippen MR) is 98.3 cm³/mol. The quantitative estimate of drug-likeness (QED) is 0.838. The molecule has 0 spiro atoms. The highest BCUT2D eigenvalue weighted by Gasteiger charge is 2.19. The number of carbonyl (C=O) groups excluding carboxylic acids is 1. The molecule has 6 heteroatoms. The molecule has 1 saturated heterocycles. The average molecular weight is 340 g/mol. The number of rotatable bonds is 5. The molecule has 2 aromatic rings. The minimum Gasteiger partial charge on any atom is -0.462 e. The van der Waals surface area contributed by atoms with Crippen LogP contribution in [0.25, 0.3) is 0 Å². The van der Waals surface area contributed by atoms with Crippen LogP contribution in [0.15, 0.2) is 36.5 Å². The highest BCUT2D eigenvalue weighted by Crippen LogP contribution is 2.23. The zero-order chi connectivity index (χ0) is 17.6. The van der Waals surface area contributed by atoms with Gasteiger partial charge in [0.15, 0.2) is 0 Å². The molecular formula is C19H24N4O2. The third kappa shape index (κ3) is 4.26. The second kappa shape index (κ2) is 7.96. The number of hydrogen-bond donors (Lipinski definition) is 1. The van der Waals surface area contributed by atoms with Crippen molar-refractivity contribution >= 4 is 23.4 Å². The van der Waals surface area contributed by atoms with E-state index in [1.54, 1.807) is 25.3 Å². The van der Waals surface area contributed by atoms with Crippen molar-refractivity contribution in [2.24, 2.45) is 5.92 Å². The Morgan fingerprint density at radius 3 is 3.00 bits per heavy atom. The van der Waals surface area contributed by atoms with Crippen LogP contribution in [0.5, 0.6) is 0 Å². The zero-order valence-electron chi connectivity index (χ0n) is 14.7. The van der Waals surface area contributed by atoms with Crippen molar-refractivity contribution in [3.63, 3.8) is 0 Å². The van der Waals surface area contributed by atoms with Crippen LogP contribution in [0.1, 0.15) is 37.0 Å². The van der Waals surface area contributed by atoms with Gasteiger partial charge in [-0.1, -0.05) is 19.1 Å². The molecule has 1 aromatic heterocycles. The van der Waals surface area contributed by atoms with Crippen LogP contribution in [0.2, 0.25) is 0 Å². The molecule has 0 radical (unpaired) electrons. The number of ether oxygens (including phenoxy) is 1. The number of para-hydroxylation sites is 1. The van der Waals surface area contributed by atoms with Crippen LogP contribution in [0, 0.1) is 5.92 Å². The summed E-state index contributed by atoms with van der Waals surface area (Å²) >= 11 is 0. The van der Waals surface area contributed by atoms with Crippen LogP contribution in [-0.4, -0.2) is 35.6 Å². The number of nitrogens with one attached hydrogen (secondary N) is 1. The van der Waals surface area contributed by atoms with E-state index in [1.807, 2.05) is 18.2 Å². The topological polar surface area (TPSA) is 67.3 Å². The minimum atomic E-state index is -0.343. The van der Waals surface area contributed by atoms with Gasteiger partial charge in [-0.2, -0.15) is 4.98 Å². The van der Waals surface area contributed by atoms with Gasteiger partial charge >= 0.3 is 5.97 Å². The van der Waals surface area contributed by atoms with Crippen molar-refractivity contribution in [3.05, 3.63) is 42.1 Å². The Labute approximate surface area is 148 Å². The van der Waals surface area contributed by atoms with Crippen LogP contribution in [0.3, 0.4) is 0 Å². The van der Waals surface area contributed by atoms with Crippen LogP contribution >= 0.6 is 0 Å². The first-order valence-corrected chi connectivity index (χ1v) is 8.78. The fraction of sp³-hybridized carbons (Fsp3) is 0.421. The second-order valence-corrected chi connectivity index (χ2v) is 6.33. The maximum absolute atomic E-state index is 12.1. The summed E-state index contributed by atoms with van der Waals surface area (Å²) < 4.78 is 5.12. The third-order valence-corrected chi connectivity index (χ3v) is 4.27. The highest BCUT2D eigenvalue weighted by atomic mass is 16.5. The van der Waals surface area contributed by atoms with Gasteiger partial charge in [0.2, 0.25) is 5.95 Å². The van der Waals surface area contributed by atoms with E-state index in [9.17, 15) is 4.79 Å². The van der Waals surface area contributed by atoms with Crippen molar-refractivity contribution in [2.75, 3.05) is 29.9 Å². The standard InChI is InChI=1S/C19H24N4O2/c1-3-25-18(24)15-8-4-5-9-16(15)21-17-10-11-20-19(22-17)23-12-6-7-14(2)13-23/h4-5,8-11,14H,3,6-7,12-13H2,1-2H3,(H,20,21,22). The maximum Gasteiger partial charge on any atom is 0.340 e. The molecule has 1 atom stereocenters. The van der Waals surface area contributed by atoms with E-state index in [2.05, 4.69) is 27.1 Å². The number of anilines is 3. The van der Waals surface area contributed by atoms with Crippen molar-refractivity contribution in [2.45, 2.75) is 26.7 Å². The lowest BCUT2D eigenvalue weighted by Gasteiger charge is -2.31. The van der Waals surface area contributed by atoms with Crippen LogP contribution < -0.4 is 10.2 Å². The number of aromatic nitrogens is 2. The Balaban J connectivity index is 1.80. The molecule has 25 heavy (non-hydrogen) atoms. The lowest BCUT2D eigenvalue weighted by Crippen LogP contribution is -2.35. The molecule has 1 unspecified atom stereocenters. The van der Waals surface area contributed by atoms with E-state index in [-0.39, 0.29) is 5.97 Å². The molecule has 1 fully saturated rings. The Morgan fingerprint density at radius 1 is 1.36 bits per heavy atom. The third-order valence-electron chi connectivity index (χ3n) is 4.27. The summed E-state index contributed by atoms with van der Waals surface area (Å²) in [5.74, 6) is 1.70. The van der Waals surface area contributed by atoms with Crippen LogP contribution in [0.4, 0.5) is 17.5 Å². The van der Waals surface area contributed by atoms with Crippen molar-refractivity contribution in [3.8, 4) is 0 Å². The Kier molecular flexibility index (Phi) is 5.48. The van der Waals surface area contributed by atoms with Gasteiger partial charge < -0.3 is 15.0 Å². The van der Waals surface area contributed by atoms with E-state index in [4.69, 9.17) is 4.74 Å². The largest absolute Gasteiger partial charge is 0.462 e. The predicted octanol–water partition coefficient (Wildman–Crippen LogP) is 3.63. The molecule has 0 aliphatic carbocycles. The highest BCUT2D eigenvalue weighted by molar-refractivity contribution is 5.96. The number of nitrogens with zero attached hydrogens (tertiary/aromatic N) is 3. The summed E-state index contributed by atoms with van der Waals surface area (Å²) in [6, 6.07) is 9.09. The van der Waals surface area contributed by atoms with E-state index < -0.39 is 0 Å². The second-order valence-electron chi connectivity index (χ2n) is 6.33. The molecule has 0 saturated carbocycles. The molecule has 6 nitrogen and oxygen atoms in total. The van der Waals surface area contributed by atoms with Crippen LogP contribution in [-0.2, 0) is 4.74 Å². The average Bonchev–Trinajstić information content (AvgIpc) is 2.63. The summed E-state index contributed by atoms with van der Waals surface area (Å²) in [7, 11) is 0. The normalized spacial score (nSPS) is 17.2. The zero-order valence-corrected chi connectivity index (χ0v) is 14.7. The smallest absolute Gasteiger partial charge is 0.340 e. The fourth-order valence-corrected chi connectivity index (χ4v) is 3.06. The van der Waals surface area contributed by atoms with E-state index in [1.165, 1.54) is 6.42 Å². The number of benzene rings is 1. The van der Waals surface area contributed by atoms with E-state index in [0.717, 1.165) is 25.5 Å². The molecule has 0 bridgehead atoms. The lowest BCUT2D eigenvalue weighted by atomic mass is 10.0. The first-order valence-electron chi connectivity index (χ1n) is 8.78. The number of carbonyl (C=O) groups is 1. The molecule has 2 heterocycles. The first-order chi connectivity index (χ1) is 12.2. The van der Waals surface area contributed by atoms with Crippen molar-refractivity contribution < 1.29 is 9.53 Å². The molecule has 1 aliphatic rings. The van der Waals surface area contributed by atoms with E-state index >= 15 is 0 Å². The molecule has 0 amide bonds. The Morgan fingerprint density at radius 2 is 2.20 bits per heavy atom. The van der Waals surface area contributed by atoms with Crippen molar-refractivity contribution in [1.82, 2.24) is 9.97 Å². The summed E-state index contributed by atoms with van der Waals surface area (Å²) in [4.78, 5) is 23.4. The Hall–Kier alpha value is -2.63. The van der Waals surface area contributed by atoms with Gasteiger partial charge in [-0.05, 0) is 43.9 Å². The number of hydrogen-bond acceptors (Lipinski definition) is 6. The van der Waals surface area contributed by atoms with Gasteiger partial charge in [0.05, 0.1) is 17.9 Å². The molecule has 1 N–H and O–H groups in total. The lowest BCUT2D eigenvalue weighted by molar-refractivity contribution is 0.0527. The van der Waals surface area contributed by atoms with Gasteiger partial charge in [-0.25, -0.2) is 9.78 Å². The van der Waals surface area contributed by atoms with Gasteiger partial charge in [-0.15, -0.1) is 0 Å². The van der Waals surface area contributed by atoms with Gasteiger partial charge in [-0.3, -0.25) is 0 Å². The van der Waals surface area contributed by atoms with Crippen molar-refractivity contribution in [1.29, 1.82) is 0 Å². The molecular weight excluding hydrogens is 316 g/mol. The maximum atomic E-state index is 12.1. The molecule has 1 aromatic carbocycles. The number of piperidine rings is 1. The summed E-state index contributed by atoms with van der Waals surface area (Å²) in [5.41, 5.74) is 1.17. The molecule has 1 aliphatic heterocycles. The SMILES string of the molecule is CCOC(=O)c1ccccc1Nc1ccnc(N2CCCC(C)C2)n1.